The number of hydrogen-bond donors (Lipinski definition) is 2. The summed E-state index contributed by atoms with van der Waals surface area (Å²) in [5.74, 6) is 1.06. The van der Waals surface area contributed by atoms with E-state index in [1.54, 1.807) is 24.3 Å². The highest BCUT2D eigenvalue weighted by molar-refractivity contribution is 6.36. The van der Waals surface area contributed by atoms with Crippen LogP contribution in [0.5, 0.6) is 0 Å². The Hall–Kier alpha value is -2.01. The van der Waals surface area contributed by atoms with Gasteiger partial charge < -0.3 is 0 Å². The Kier molecular flexibility index (Phi) is 4.86. The normalized spacial score (nSPS) is 10.4. The number of hydrogen-bond acceptors (Lipinski definition) is 4. The van der Waals surface area contributed by atoms with Crippen LogP contribution in [0.1, 0.15) is 0 Å². The Bertz CT molecular complexity index is 825. The maximum absolute atomic E-state index is 6.11. The van der Waals surface area contributed by atoms with Gasteiger partial charge in [-0.25, -0.2) is 9.97 Å². The highest BCUT2D eigenvalue weighted by Gasteiger charge is 2.06. The molecule has 2 N–H and O–H groups in total. The van der Waals surface area contributed by atoms with Crippen LogP contribution in [0.4, 0.5) is 11.5 Å². The smallest absolute Gasteiger partial charge is 0.163 e. The zero-order valence-corrected chi connectivity index (χ0v) is 14.0. The zero-order valence-electron chi connectivity index (χ0n) is 11.7. The van der Waals surface area contributed by atoms with Gasteiger partial charge in [-0.05, 0) is 18.2 Å². The lowest BCUT2D eigenvalue weighted by atomic mass is 10.2. The van der Waals surface area contributed by atoms with Gasteiger partial charge >= 0.3 is 0 Å². The molecule has 1 heterocycles. The SMILES string of the molecule is Clc1ccc(NNc2cc(Cl)nc(-c3ccccc3)n2)c(Cl)c1. The van der Waals surface area contributed by atoms with Gasteiger partial charge in [0.15, 0.2) is 5.82 Å². The Balaban J connectivity index is 1.82. The summed E-state index contributed by atoms with van der Waals surface area (Å²) < 4.78 is 0. The highest BCUT2D eigenvalue weighted by Crippen LogP contribution is 2.26. The van der Waals surface area contributed by atoms with Gasteiger partial charge in [-0.3, -0.25) is 10.9 Å². The van der Waals surface area contributed by atoms with Crippen molar-refractivity contribution < 1.29 is 0 Å². The van der Waals surface area contributed by atoms with Crippen molar-refractivity contribution >= 4 is 46.3 Å². The molecule has 0 aliphatic rings. The van der Waals surface area contributed by atoms with Crippen LogP contribution in [-0.4, -0.2) is 9.97 Å². The molecule has 0 saturated heterocycles. The monoisotopic (exact) mass is 364 g/mol. The molecule has 3 aromatic rings. The standard InChI is InChI=1S/C16H11Cl3N4/c17-11-6-7-13(12(18)8-11)22-23-15-9-14(19)20-16(21-15)10-4-2-1-3-5-10/h1-9,22H,(H,20,21,23). The Labute approximate surface area is 148 Å². The van der Waals surface area contributed by atoms with Gasteiger partial charge in [0.2, 0.25) is 0 Å². The molecule has 0 atom stereocenters. The third kappa shape index (κ3) is 4.05. The minimum Gasteiger partial charge on any atom is -0.298 e. The first-order valence-corrected chi connectivity index (χ1v) is 7.82. The number of rotatable bonds is 4. The molecule has 0 radical (unpaired) electrons. The van der Waals surface area contributed by atoms with Crippen LogP contribution in [-0.2, 0) is 0 Å². The number of nitrogens with zero attached hydrogens (tertiary/aromatic N) is 2. The molecule has 0 saturated carbocycles. The summed E-state index contributed by atoms with van der Waals surface area (Å²) in [5, 5.41) is 1.40. The van der Waals surface area contributed by atoms with E-state index >= 15 is 0 Å². The van der Waals surface area contributed by atoms with Crippen molar-refractivity contribution in [2.75, 3.05) is 10.9 Å². The zero-order chi connectivity index (χ0) is 16.2. The second kappa shape index (κ2) is 7.04. The first kappa shape index (κ1) is 15.9. The molecule has 4 nitrogen and oxygen atoms in total. The van der Waals surface area contributed by atoms with Crippen LogP contribution >= 0.6 is 34.8 Å². The molecule has 116 valence electrons. The second-order valence-corrected chi connectivity index (χ2v) is 5.87. The largest absolute Gasteiger partial charge is 0.298 e. The topological polar surface area (TPSA) is 49.8 Å². The lowest BCUT2D eigenvalue weighted by Gasteiger charge is -2.12. The molecular weight excluding hydrogens is 355 g/mol. The fraction of sp³-hybridized carbons (Fsp3) is 0. The number of anilines is 2. The molecule has 0 unspecified atom stereocenters. The van der Waals surface area contributed by atoms with Crippen molar-refractivity contribution in [3.05, 3.63) is 69.8 Å². The van der Waals surface area contributed by atoms with Crippen molar-refractivity contribution in [2.24, 2.45) is 0 Å². The van der Waals surface area contributed by atoms with E-state index in [0.717, 1.165) is 5.56 Å². The molecule has 0 fully saturated rings. The molecule has 23 heavy (non-hydrogen) atoms. The van der Waals surface area contributed by atoms with Crippen molar-refractivity contribution in [1.29, 1.82) is 0 Å². The molecule has 0 spiro atoms. The van der Waals surface area contributed by atoms with Crippen LogP contribution in [0.15, 0.2) is 54.6 Å². The molecule has 3 rings (SSSR count). The van der Waals surface area contributed by atoms with E-state index in [1.165, 1.54) is 0 Å². The van der Waals surface area contributed by atoms with Crippen LogP contribution in [0.2, 0.25) is 15.2 Å². The average Bonchev–Trinajstić information content (AvgIpc) is 2.54. The molecule has 1 aromatic heterocycles. The number of aromatic nitrogens is 2. The van der Waals surface area contributed by atoms with Crippen LogP contribution < -0.4 is 10.9 Å². The van der Waals surface area contributed by atoms with Crippen molar-refractivity contribution in [1.82, 2.24) is 9.97 Å². The van der Waals surface area contributed by atoms with Crippen molar-refractivity contribution in [2.45, 2.75) is 0 Å². The van der Waals surface area contributed by atoms with Gasteiger partial charge in [0.05, 0.1) is 10.7 Å². The Morgan fingerprint density at radius 3 is 2.30 bits per heavy atom. The minimum absolute atomic E-state index is 0.338. The molecule has 7 heteroatoms. The van der Waals surface area contributed by atoms with Gasteiger partial charge in [0, 0.05) is 16.7 Å². The van der Waals surface area contributed by atoms with Crippen molar-refractivity contribution in [3.8, 4) is 11.4 Å². The first-order chi connectivity index (χ1) is 11.1. The third-order valence-corrected chi connectivity index (χ3v) is 3.72. The second-order valence-electron chi connectivity index (χ2n) is 4.64. The van der Waals surface area contributed by atoms with Crippen LogP contribution in [0, 0.1) is 0 Å². The lowest BCUT2D eigenvalue weighted by molar-refractivity contribution is 1.16. The average molecular weight is 366 g/mol. The number of benzene rings is 2. The summed E-state index contributed by atoms with van der Waals surface area (Å²) >= 11 is 18.1. The lowest BCUT2D eigenvalue weighted by Crippen LogP contribution is -2.11. The van der Waals surface area contributed by atoms with E-state index in [1.807, 2.05) is 30.3 Å². The van der Waals surface area contributed by atoms with Gasteiger partial charge in [0.25, 0.3) is 0 Å². The molecule has 0 aliphatic heterocycles. The summed E-state index contributed by atoms with van der Waals surface area (Å²) in [5.41, 5.74) is 7.48. The quantitative estimate of drug-likeness (QED) is 0.470. The summed E-state index contributed by atoms with van der Waals surface area (Å²) in [6.45, 7) is 0. The fourth-order valence-electron chi connectivity index (χ4n) is 1.92. The third-order valence-electron chi connectivity index (χ3n) is 2.98. The Morgan fingerprint density at radius 2 is 1.57 bits per heavy atom. The van der Waals surface area contributed by atoms with E-state index < -0.39 is 0 Å². The Morgan fingerprint density at radius 1 is 0.783 bits per heavy atom. The van der Waals surface area contributed by atoms with Gasteiger partial charge in [-0.1, -0.05) is 65.1 Å². The first-order valence-electron chi connectivity index (χ1n) is 6.69. The van der Waals surface area contributed by atoms with Crippen LogP contribution in [0.3, 0.4) is 0 Å². The summed E-state index contributed by atoms with van der Waals surface area (Å²) in [4.78, 5) is 8.66. The number of hydrazine groups is 1. The maximum atomic E-state index is 6.11. The number of nitrogens with one attached hydrogen (secondary N) is 2. The molecule has 2 aromatic carbocycles. The summed E-state index contributed by atoms with van der Waals surface area (Å²) in [7, 11) is 0. The predicted molar refractivity (Wildman–Crippen MR) is 96.2 cm³/mol. The van der Waals surface area contributed by atoms with Gasteiger partial charge in [0.1, 0.15) is 11.0 Å². The summed E-state index contributed by atoms with van der Waals surface area (Å²) in [6, 6.07) is 16.4. The summed E-state index contributed by atoms with van der Waals surface area (Å²) in [6.07, 6.45) is 0. The predicted octanol–water partition coefficient (Wildman–Crippen LogP) is 5.54. The van der Waals surface area contributed by atoms with Crippen molar-refractivity contribution in [3.63, 3.8) is 0 Å². The molecule has 0 aliphatic carbocycles. The molecular formula is C16H11Cl3N4. The minimum atomic E-state index is 0.338. The van der Waals surface area contributed by atoms with Gasteiger partial charge in [-0.15, -0.1) is 0 Å². The van der Waals surface area contributed by atoms with E-state index in [0.29, 0.717) is 32.5 Å². The van der Waals surface area contributed by atoms with E-state index in [-0.39, 0.29) is 0 Å². The maximum Gasteiger partial charge on any atom is 0.163 e. The highest BCUT2D eigenvalue weighted by atomic mass is 35.5. The number of halogens is 3. The molecule has 0 amide bonds. The van der Waals surface area contributed by atoms with E-state index in [9.17, 15) is 0 Å². The fourth-order valence-corrected chi connectivity index (χ4v) is 2.56. The van der Waals surface area contributed by atoms with Gasteiger partial charge in [-0.2, -0.15) is 0 Å². The van der Waals surface area contributed by atoms with Crippen LogP contribution in [0.25, 0.3) is 11.4 Å². The molecule has 0 bridgehead atoms. The van der Waals surface area contributed by atoms with E-state index in [2.05, 4.69) is 20.8 Å². The van der Waals surface area contributed by atoms with E-state index in [4.69, 9.17) is 34.8 Å².